The van der Waals surface area contributed by atoms with Crippen LogP contribution < -0.4 is 49.7 Å². The van der Waals surface area contributed by atoms with E-state index in [4.69, 9.17) is 24.3 Å². The van der Waals surface area contributed by atoms with Crippen LogP contribution in [0.15, 0.2) is 179 Å². The number of ether oxygens (including phenoxy) is 3. The summed E-state index contributed by atoms with van der Waals surface area (Å²) in [7, 11) is 2.96. The molecule has 4 N–H and O–H groups in total. The molecule has 0 fully saturated rings. The molecule has 0 aliphatic carbocycles. The average Bonchev–Trinajstić information content (AvgIpc) is 3.39. The molecule has 0 atom stereocenters. The Labute approximate surface area is 484 Å². The molecule has 408 valence electrons. The first-order valence-corrected chi connectivity index (χ1v) is 23.3. The summed E-state index contributed by atoms with van der Waals surface area (Å²) >= 11 is 0. The van der Waals surface area contributed by atoms with E-state index < -0.39 is 5.60 Å². The van der Waals surface area contributed by atoms with Crippen molar-refractivity contribution >= 4 is 53.1 Å². The molecule has 0 aliphatic rings. The molecule has 0 heterocycles. The summed E-state index contributed by atoms with van der Waals surface area (Å²) < 4.78 is 15.5. The number of phenolic OH excluding ortho intramolecular Hbond substituents is 2. The number of hydrogen-bond donors (Lipinski definition) is 4. The Morgan fingerprint density at radius 3 is 1.47 bits per heavy atom. The molecular weight excluding hydrogens is 1030 g/mol. The van der Waals surface area contributed by atoms with Gasteiger partial charge >= 0.3 is 35.5 Å². The van der Waals surface area contributed by atoms with Gasteiger partial charge in [0.25, 0.3) is 0 Å². The van der Waals surface area contributed by atoms with E-state index in [0.29, 0.717) is 64.7 Å². The van der Waals surface area contributed by atoms with Gasteiger partial charge in [0.15, 0.2) is 11.6 Å². The van der Waals surface area contributed by atoms with E-state index in [2.05, 4.69) is 34.0 Å². The van der Waals surface area contributed by atoms with Crippen molar-refractivity contribution in [2.24, 2.45) is 15.6 Å². The Balaban J connectivity index is 0.00000115. The summed E-state index contributed by atoms with van der Waals surface area (Å²) in [5.41, 5.74) is 5.91. The molecule has 0 radical (unpaired) electrons. The standard InChI is InChI=1S/C26H25N3O4.C18H25NO3.C14H12O3.CH4.ClH.HNO2.Na/c1-17(2)26(32)27-14-13-18-9-11-20(12-10-18)28-29-22-15-21(23(30)16-24(22)33-3)25(31)19-7-5-4-6-8-19;1-13(2)17(21)19-11-10-14-6-8-15(9-7-14)12-16(20)22-18(3,4)5;1-17-11-7-8-12(13(15)9-11)14(16)10-5-3-2-4-6-10;;;2-1-3;/h4-12,15-16,30H,1,13-14H2,2-3H3,(H,27,32);6-9H,1,10-12H2,2-5H3,(H,19,21);2-9,15H,1H3;1H4;1H;(H,2,3);/q;;;;;;+1/p-1. The van der Waals surface area contributed by atoms with Crippen LogP contribution in [-0.2, 0) is 38.4 Å². The van der Waals surface area contributed by atoms with E-state index in [0.717, 1.165) is 28.5 Å². The third kappa shape index (κ3) is 24.8. The van der Waals surface area contributed by atoms with Gasteiger partial charge in [-0.1, -0.05) is 118 Å². The molecule has 78 heavy (non-hydrogen) atoms. The number of carbonyl (C=O) groups is 5. The number of amides is 2. The number of carbonyl (C=O) groups excluding carboxylic acids is 5. The normalized spacial score (nSPS) is 9.94. The number of methoxy groups -OCH3 is 2. The molecule has 19 heteroatoms. The van der Waals surface area contributed by atoms with Crippen molar-refractivity contribution in [2.45, 2.75) is 66.9 Å². The smallest absolute Gasteiger partial charge is 0.507 e. The summed E-state index contributed by atoms with van der Waals surface area (Å²) in [5.74, 6) is -0.483. The maximum absolute atomic E-state index is 12.8. The van der Waals surface area contributed by atoms with E-state index in [1.54, 1.807) is 74.5 Å². The van der Waals surface area contributed by atoms with Crippen LogP contribution in [0, 0.1) is 10.1 Å². The van der Waals surface area contributed by atoms with Crippen molar-refractivity contribution in [3.63, 3.8) is 0 Å². The number of benzene rings is 6. The number of azo groups is 1. The Morgan fingerprint density at radius 2 is 1.05 bits per heavy atom. The molecule has 0 saturated heterocycles. The van der Waals surface area contributed by atoms with E-state index in [1.807, 2.05) is 81.4 Å². The summed E-state index contributed by atoms with van der Waals surface area (Å²) in [6.07, 6.45) is 1.68. The Morgan fingerprint density at radius 1 is 0.615 bits per heavy atom. The zero-order valence-electron chi connectivity index (χ0n) is 44.5. The van der Waals surface area contributed by atoms with Gasteiger partial charge in [-0.15, -0.1) is 22.9 Å². The van der Waals surface area contributed by atoms with E-state index in [-0.39, 0.29) is 108 Å². The van der Waals surface area contributed by atoms with Crippen molar-refractivity contribution in [1.82, 2.24) is 10.6 Å². The van der Waals surface area contributed by atoms with Crippen LogP contribution in [-0.4, -0.2) is 72.5 Å². The number of halogens is 1. The maximum Gasteiger partial charge on any atom is 1.00 e. The number of hydrogen-bond acceptors (Lipinski definition) is 15. The van der Waals surface area contributed by atoms with E-state index in [9.17, 15) is 34.2 Å². The van der Waals surface area contributed by atoms with Crippen LogP contribution in [0.5, 0.6) is 23.0 Å². The number of aromatic hydroxyl groups is 2. The largest absolute Gasteiger partial charge is 1.00 e. The zero-order valence-corrected chi connectivity index (χ0v) is 47.3. The fourth-order valence-corrected chi connectivity index (χ4v) is 6.45. The molecule has 0 aliphatic heterocycles. The first-order valence-electron chi connectivity index (χ1n) is 23.3. The monoisotopic (exact) mass is 1100 g/mol. The Hall–Kier alpha value is -7.96. The molecule has 0 saturated carbocycles. The zero-order chi connectivity index (χ0) is 55.5. The van der Waals surface area contributed by atoms with Gasteiger partial charge in [-0.3, -0.25) is 24.0 Å². The van der Waals surface area contributed by atoms with Crippen molar-refractivity contribution in [3.8, 4) is 23.0 Å². The number of nitrogens with zero attached hydrogens (tertiary/aromatic N) is 3. The average molecular weight is 1100 g/mol. The third-order valence-electron chi connectivity index (χ3n) is 10.2. The maximum atomic E-state index is 12.8. The van der Waals surface area contributed by atoms with Gasteiger partial charge in [-0.05, 0) is 94.5 Å². The van der Waals surface area contributed by atoms with Crippen molar-refractivity contribution in [3.05, 3.63) is 213 Å². The first-order chi connectivity index (χ1) is 35.7. The fourth-order valence-electron chi connectivity index (χ4n) is 6.45. The molecular formula is C59H67ClN5NaO12. The molecule has 6 aromatic carbocycles. The minimum absolute atomic E-state index is 0. The second-order valence-corrected chi connectivity index (χ2v) is 17.4. The van der Waals surface area contributed by atoms with Gasteiger partial charge < -0.3 is 45.2 Å². The number of rotatable bonds is 18. The number of ketones is 2. The molecule has 0 unspecified atom stereocenters. The second kappa shape index (κ2) is 36.1. The van der Waals surface area contributed by atoms with Gasteiger partial charge in [-0.25, -0.2) is 0 Å². The Kier molecular flexibility index (Phi) is 32.5. The summed E-state index contributed by atoms with van der Waals surface area (Å²) in [6, 6.07) is 40.2. The molecule has 6 rings (SSSR count). The predicted octanol–water partition coefficient (Wildman–Crippen LogP) is 9.03. The van der Waals surface area contributed by atoms with Crippen molar-refractivity contribution in [1.29, 1.82) is 0 Å². The first kappa shape index (κ1) is 70.0. The molecule has 6 aromatic rings. The van der Waals surface area contributed by atoms with Crippen molar-refractivity contribution < 1.29 is 78.0 Å². The topological polar surface area (TPSA) is 255 Å². The fraction of sp³-hybridized carbons (Fsp3) is 0.237. The van der Waals surface area contributed by atoms with Gasteiger partial charge in [0.2, 0.25) is 11.8 Å². The van der Waals surface area contributed by atoms with E-state index >= 15 is 0 Å². The van der Waals surface area contributed by atoms with Gasteiger partial charge in [-0.2, -0.15) is 5.11 Å². The van der Waals surface area contributed by atoms with Crippen LogP contribution in [0.4, 0.5) is 11.4 Å². The minimum atomic E-state index is -0.460. The quantitative estimate of drug-likeness (QED) is 0.0120. The van der Waals surface area contributed by atoms with Gasteiger partial charge in [0.1, 0.15) is 34.3 Å². The van der Waals surface area contributed by atoms with Crippen molar-refractivity contribution in [2.75, 3.05) is 27.3 Å². The molecule has 2 amide bonds. The summed E-state index contributed by atoms with van der Waals surface area (Å²) in [5, 5.41) is 43.1. The predicted molar refractivity (Wildman–Crippen MR) is 302 cm³/mol. The van der Waals surface area contributed by atoms with Crippen LogP contribution in [0.25, 0.3) is 0 Å². The number of phenols is 2. The van der Waals surface area contributed by atoms with Gasteiger partial charge in [0.05, 0.1) is 37.5 Å². The third-order valence-corrected chi connectivity index (χ3v) is 10.2. The number of esters is 1. The molecule has 0 spiro atoms. The Bertz CT molecular complexity index is 2930. The van der Waals surface area contributed by atoms with Crippen LogP contribution in [0.1, 0.15) is 90.6 Å². The summed E-state index contributed by atoms with van der Waals surface area (Å²) in [4.78, 5) is 67.5. The van der Waals surface area contributed by atoms with Gasteiger partial charge in [0, 0.05) is 47.5 Å². The van der Waals surface area contributed by atoms with Crippen LogP contribution >= 0.6 is 12.4 Å². The molecule has 0 aromatic heterocycles. The minimum Gasteiger partial charge on any atom is -0.507 e. The van der Waals surface area contributed by atoms with Crippen LogP contribution in [0.2, 0.25) is 0 Å². The number of nitrogens with one attached hydrogen (secondary N) is 2. The molecule has 0 bridgehead atoms. The molecule has 17 nitrogen and oxygen atoms in total. The second-order valence-electron chi connectivity index (χ2n) is 17.4. The van der Waals surface area contributed by atoms with Crippen LogP contribution in [0.3, 0.4) is 0 Å². The van der Waals surface area contributed by atoms with E-state index in [1.165, 1.54) is 32.4 Å². The SMILES string of the molecule is C.C=C(C)C(=O)NCCc1ccc(CC(=O)OC(C)(C)C)cc1.C=C(C)C(=O)NCCc1ccc(N=Nc2cc(C(=O)c3ccccc3)c(O)cc2OC)cc1.COc1ccc(C(=O)c2ccccc2)c(O)c1.Cl.O=N[O-].[Na+]. The summed E-state index contributed by atoms with van der Waals surface area (Å²) in [6.45, 7) is 17.2.